The summed E-state index contributed by atoms with van der Waals surface area (Å²) in [5.74, 6) is 1.20. The molecule has 9 heteroatoms. The van der Waals surface area contributed by atoms with E-state index in [-0.39, 0.29) is 11.2 Å². The quantitative estimate of drug-likeness (QED) is 0.602. The summed E-state index contributed by atoms with van der Waals surface area (Å²) in [4.78, 5) is 21.9. The average Bonchev–Trinajstić information content (AvgIpc) is 3.57. The van der Waals surface area contributed by atoms with Crippen LogP contribution in [0.2, 0.25) is 5.02 Å². The molecule has 0 amide bonds. The number of likely N-dealkylation sites (tertiary alicyclic amines) is 1. The number of aromatic nitrogens is 5. The van der Waals surface area contributed by atoms with Crippen LogP contribution in [0.4, 0.5) is 0 Å². The minimum absolute atomic E-state index is 0.101. The zero-order valence-electron chi connectivity index (χ0n) is 19.3. The molecule has 1 aromatic carbocycles. The summed E-state index contributed by atoms with van der Waals surface area (Å²) < 4.78 is 8.19. The first-order chi connectivity index (χ1) is 16.5. The Hall–Kier alpha value is -2.55. The number of rotatable bonds is 5. The first kappa shape index (κ1) is 21.9. The first-order valence-corrected chi connectivity index (χ1v) is 12.5. The Kier molecular flexibility index (Phi) is 5.54. The van der Waals surface area contributed by atoms with E-state index < -0.39 is 0 Å². The van der Waals surface area contributed by atoms with Crippen LogP contribution in [0, 0.1) is 0 Å². The van der Waals surface area contributed by atoms with Crippen LogP contribution in [-0.4, -0.2) is 49.1 Å². The summed E-state index contributed by atoms with van der Waals surface area (Å²) in [6.45, 7) is 5.11. The second kappa shape index (κ2) is 8.59. The Morgan fingerprint density at radius 3 is 2.94 bits per heavy atom. The second-order valence-corrected chi connectivity index (χ2v) is 10.4. The summed E-state index contributed by atoms with van der Waals surface area (Å²) in [5.41, 5.74) is 3.91. The lowest BCUT2D eigenvalue weighted by atomic mass is 9.77. The van der Waals surface area contributed by atoms with Crippen molar-refractivity contribution in [2.45, 2.75) is 69.7 Å². The van der Waals surface area contributed by atoms with Crippen molar-refractivity contribution in [3.8, 4) is 0 Å². The van der Waals surface area contributed by atoms with Crippen LogP contribution in [0.1, 0.15) is 66.9 Å². The zero-order chi connectivity index (χ0) is 23.3. The summed E-state index contributed by atoms with van der Waals surface area (Å²) in [6, 6.07) is 8.11. The van der Waals surface area contributed by atoms with Crippen molar-refractivity contribution in [3.63, 3.8) is 0 Å². The molecular weight excluding hydrogens is 452 g/mol. The standard InChI is InChI=1S/C25H29ClN6O2/c1-16-12-25(22-10-19(26)5-4-17(22)6-9-34-25)7-8-31(16)13-21-15-32(30-29-21)14-20-11-23(33)28-24(27-20)18-2-3-18/h4-5,10-11,15-16,18H,2-3,6-9,12-14H2,1H3,(H,27,28,33)/t16-,25+/m0/s1. The second-order valence-electron chi connectivity index (χ2n) is 9.97. The van der Waals surface area contributed by atoms with Crippen molar-refractivity contribution < 1.29 is 4.74 Å². The Morgan fingerprint density at radius 2 is 2.12 bits per heavy atom. The van der Waals surface area contributed by atoms with Crippen LogP contribution < -0.4 is 5.56 Å². The van der Waals surface area contributed by atoms with Crippen molar-refractivity contribution in [2.75, 3.05) is 13.2 Å². The molecule has 4 heterocycles. The van der Waals surface area contributed by atoms with E-state index in [2.05, 4.69) is 44.2 Å². The van der Waals surface area contributed by atoms with E-state index in [1.54, 1.807) is 10.7 Å². The fourth-order valence-corrected chi connectivity index (χ4v) is 5.68. The molecule has 34 heavy (non-hydrogen) atoms. The Labute approximate surface area is 203 Å². The lowest BCUT2D eigenvalue weighted by molar-refractivity contribution is -0.113. The molecule has 1 spiro atoms. The Bertz CT molecular complexity index is 1270. The van der Waals surface area contributed by atoms with E-state index >= 15 is 0 Å². The molecular formula is C25H29ClN6O2. The predicted molar refractivity (Wildman–Crippen MR) is 128 cm³/mol. The average molecular weight is 481 g/mol. The first-order valence-electron chi connectivity index (χ1n) is 12.1. The summed E-state index contributed by atoms with van der Waals surface area (Å²) in [7, 11) is 0. The van der Waals surface area contributed by atoms with Gasteiger partial charge in [-0.1, -0.05) is 22.9 Å². The van der Waals surface area contributed by atoms with Gasteiger partial charge in [0.15, 0.2) is 0 Å². The van der Waals surface area contributed by atoms with Crippen molar-refractivity contribution >= 4 is 11.6 Å². The smallest absolute Gasteiger partial charge is 0.251 e. The minimum atomic E-state index is -0.253. The third-order valence-corrected chi connectivity index (χ3v) is 7.65. The predicted octanol–water partition coefficient (Wildman–Crippen LogP) is 3.39. The van der Waals surface area contributed by atoms with Crippen molar-refractivity contribution in [1.29, 1.82) is 0 Å². The van der Waals surface area contributed by atoms with Gasteiger partial charge >= 0.3 is 0 Å². The number of piperidine rings is 1. The van der Waals surface area contributed by atoms with Gasteiger partial charge in [0.1, 0.15) is 5.82 Å². The van der Waals surface area contributed by atoms with Crippen LogP contribution in [0.25, 0.3) is 0 Å². The van der Waals surface area contributed by atoms with Gasteiger partial charge in [-0.25, -0.2) is 9.67 Å². The van der Waals surface area contributed by atoms with Crippen molar-refractivity contribution in [3.05, 3.63) is 74.2 Å². The lowest BCUT2D eigenvalue weighted by Crippen LogP contribution is -2.50. The maximum atomic E-state index is 12.0. The van der Waals surface area contributed by atoms with Gasteiger partial charge in [0.05, 0.1) is 36.3 Å². The molecule has 3 aromatic rings. The van der Waals surface area contributed by atoms with Crippen molar-refractivity contribution in [1.82, 2.24) is 29.9 Å². The Balaban J connectivity index is 1.13. The number of benzene rings is 1. The molecule has 8 nitrogen and oxygen atoms in total. The van der Waals surface area contributed by atoms with Crippen LogP contribution in [-0.2, 0) is 29.8 Å². The topological polar surface area (TPSA) is 88.9 Å². The zero-order valence-corrected chi connectivity index (χ0v) is 20.1. The fourth-order valence-electron chi connectivity index (χ4n) is 5.51. The number of fused-ring (bicyclic) bond motifs is 2. The summed E-state index contributed by atoms with van der Waals surface area (Å²) >= 11 is 6.34. The maximum Gasteiger partial charge on any atom is 0.251 e. The third-order valence-electron chi connectivity index (χ3n) is 7.42. The van der Waals surface area contributed by atoms with Crippen LogP contribution in [0.3, 0.4) is 0 Å². The largest absolute Gasteiger partial charge is 0.370 e. The molecule has 1 saturated carbocycles. The van der Waals surface area contributed by atoms with Crippen LogP contribution in [0.5, 0.6) is 0 Å². The number of hydrogen-bond donors (Lipinski definition) is 1. The molecule has 178 valence electrons. The molecule has 2 aliphatic heterocycles. The highest BCUT2D eigenvalue weighted by Crippen LogP contribution is 2.44. The van der Waals surface area contributed by atoms with Gasteiger partial charge < -0.3 is 9.72 Å². The normalized spacial score (nSPS) is 24.9. The van der Waals surface area contributed by atoms with Gasteiger partial charge in [-0.15, -0.1) is 5.10 Å². The van der Waals surface area contributed by atoms with Gasteiger partial charge in [-0.05, 0) is 62.3 Å². The summed E-state index contributed by atoms with van der Waals surface area (Å²) in [6.07, 6.45) is 6.95. The van der Waals surface area contributed by atoms with Gasteiger partial charge in [0.2, 0.25) is 0 Å². The van der Waals surface area contributed by atoms with E-state index in [1.807, 2.05) is 12.3 Å². The molecule has 2 atom stereocenters. The van der Waals surface area contributed by atoms with Gasteiger partial charge in [-0.3, -0.25) is 9.69 Å². The molecule has 3 aliphatic rings. The maximum absolute atomic E-state index is 12.0. The molecule has 0 unspecified atom stereocenters. The fraction of sp³-hybridized carbons (Fsp3) is 0.520. The van der Waals surface area contributed by atoms with Crippen LogP contribution in [0.15, 0.2) is 35.3 Å². The third kappa shape index (κ3) is 4.30. The number of ether oxygens (including phenoxy) is 1. The van der Waals surface area contributed by atoms with Gasteiger partial charge in [-0.2, -0.15) is 0 Å². The molecule has 2 fully saturated rings. The molecule has 1 aliphatic carbocycles. The van der Waals surface area contributed by atoms with E-state index in [1.165, 1.54) is 11.1 Å². The molecule has 1 N–H and O–H groups in total. The highest BCUT2D eigenvalue weighted by molar-refractivity contribution is 6.30. The molecule has 0 bridgehead atoms. The van der Waals surface area contributed by atoms with Gasteiger partial charge in [0, 0.05) is 36.1 Å². The Morgan fingerprint density at radius 1 is 1.24 bits per heavy atom. The molecule has 1 saturated heterocycles. The van der Waals surface area contributed by atoms with Gasteiger partial charge in [0.25, 0.3) is 5.56 Å². The van der Waals surface area contributed by atoms with Crippen LogP contribution >= 0.6 is 11.6 Å². The molecule has 2 aromatic heterocycles. The number of nitrogens with one attached hydrogen (secondary N) is 1. The SMILES string of the molecule is C[C@H]1C[C@@]2(CCN1Cc1cn(Cc3cc(=O)[nH]c(C4CC4)n3)nn1)OCCc1ccc(Cl)cc12. The number of hydrogen-bond acceptors (Lipinski definition) is 6. The van der Waals surface area contributed by atoms with E-state index in [0.717, 1.165) is 74.0 Å². The molecule has 6 rings (SSSR count). The highest BCUT2D eigenvalue weighted by atomic mass is 35.5. The minimum Gasteiger partial charge on any atom is -0.370 e. The van der Waals surface area contributed by atoms with E-state index in [0.29, 0.717) is 18.5 Å². The summed E-state index contributed by atoms with van der Waals surface area (Å²) in [5, 5.41) is 9.46. The highest BCUT2D eigenvalue weighted by Gasteiger charge is 2.43. The van der Waals surface area contributed by atoms with E-state index in [9.17, 15) is 4.79 Å². The number of halogens is 1. The monoisotopic (exact) mass is 480 g/mol. The number of H-pyrrole nitrogens is 1. The lowest BCUT2D eigenvalue weighted by Gasteiger charge is -2.48. The molecule has 0 radical (unpaired) electrons. The number of aromatic amines is 1. The van der Waals surface area contributed by atoms with E-state index in [4.69, 9.17) is 16.3 Å². The van der Waals surface area contributed by atoms with Crippen molar-refractivity contribution in [2.24, 2.45) is 0 Å². The number of nitrogens with zero attached hydrogens (tertiary/aromatic N) is 5.